The summed E-state index contributed by atoms with van der Waals surface area (Å²) in [4.78, 5) is 37.4. The van der Waals surface area contributed by atoms with Crippen molar-refractivity contribution in [3.05, 3.63) is 107 Å². The molecular formula is C45H59N5O6Si. The first-order chi connectivity index (χ1) is 27.1. The maximum atomic E-state index is 13.0. The van der Waals surface area contributed by atoms with Crippen LogP contribution in [0.1, 0.15) is 69.2 Å². The molecule has 0 aromatic heterocycles. The second-order valence-electron chi connectivity index (χ2n) is 16.4. The molecular weight excluding hydrogens is 735 g/mol. The molecule has 1 aliphatic rings. The molecule has 3 amide bonds. The average molecular weight is 794 g/mol. The Hall–Kier alpha value is -5.01. The summed E-state index contributed by atoms with van der Waals surface area (Å²) in [5.74, 6) is 0.375. The van der Waals surface area contributed by atoms with Crippen molar-refractivity contribution in [1.29, 1.82) is 0 Å². The van der Waals surface area contributed by atoms with Crippen LogP contribution in [0.2, 0.25) is 18.1 Å². The molecule has 1 heterocycles. The highest BCUT2D eigenvalue weighted by Crippen LogP contribution is 2.42. The lowest BCUT2D eigenvalue weighted by molar-refractivity contribution is -0.116. The van der Waals surface area contributed by atoms with E-state index in [4.69, 9.17) is 13.9 Å². The molecule has 4 aromatic carbocycles. The fourth-order valence-corrected chi connectivity index (χ4v) is 8.10. The zero-order valence-corrected chi connectivity index (χ0v) is 35.6. The van der Waals surface area contributed by atoms with Crippen molar-refractivity contribution in [3.8, 4) is 16.9 Å². The third-order valence-corrected chi connectivity index (χ3v) is 15.5. The Morgan fingerprint density at radius 1 is 0.842 bits per heavy atom. The van der Waals surface area contributed by atoms with Crippen molar-refractivity contribution in [1.82, 2.24) is 10.6 Å². The largest absolute Gasteiger partial charge is 0.488 e. The number of carbonyl (C=O) groups excluding carboxylic acids is 3. The summed E-state index contributed by atoms with van der Waals surface area (Å²) < 4.78 is 18.9. The Morgan fingerprint density at radius 2 is 1.54 bits per heavy atom. The second-order valence-corrected chi connectivity index (χ2v) is 21.1. The first-order valence-electron chi connectivity index (χ1n) is 19.7. The van der Waals surface area contributed by atoms with Crippen LogP contribution in [0.4, 0.5) is 21.9 Å². The number of nitrogens with one attached hydrogen (secondary N) is 5. The Kier molecular flexibility index (Phi) is 14.3. The van der Waals surface area contributed by atoms with Gasteiger partial charge in [0.05, 0.1) is 17.8 Å². The average Bonchev–Trinajstić information content (AvgIpc) is 3.16. The summed E-state index contributed by atoms with van der Waals surface area (Å²) >= 11 is 0. The van der Waals surface area contributed by atoms with E-state index in [0.717, 1.165) is 59.3 Å². The molecule has 0 bridgehead atoms. The van der Waals surface area contributed by atoms with E-state index in [9.17, 15) is 14.4 Å². The number of carbonyl (C=O) groups is 3. The van der Waals surface area contributed by atoms with Gasteiger partial charge in [-0.25, -0.2) is 4.79 Å². The van der Waals surface area contributed by atoms with Gasteiger partial charge in [0.2, 0.25) is 12.3 Å². The Balaban J connectivity index is 1.24. The van der Waals surface area contributed by atoms with E-state index in [0.29, 0.717) is 35.8 Å². The van der Waals surface area contributed by atoms with Crippen LogP contribution < -0.4 is 31.3 Å². The highest BCUT2D eigenvalue weighted by Gasteiger charge is 2.44. The predicted octanol–water partition coefficient (Wildman–Crippen LogP) is 9.23. The van der Waals surface area contributed by atoms with Gasteiger partial charge >= 0.3 is 6.09 Å². The quantitative estimate of drug-likeness (QED) is 0.0430. The van der Waals surface area contributed by atoms with Gasteiger partial charge < -0.3 is 29.9 Å². The summed E-state index contributed by atoms with van der Waals surface area (Å²) in [6.07, 6.45) is 1.92. The molecule has 1 aliphatic heterocycles. The van der Waals surface area contributed by atoms with Crippen molar-refractivity contribution in [2.45, 2.75) is 97.3 Å². The minimum atomic E-state index is -2.33. The van der Waals surface area contributed by atoms with E-state index in [1.165, 1.54) is 0 Å². The number of aryl methyl sites for hydroxylation is 2. The lowest BCUT2D eigenvalue weighted by Crippen LogP contribution is -2.53. The van der Waals surface area contributed by atoms with E-state index in [2.05, 4.69) is 66.5 Å². The molecule has 1 fully saturated rings. The van der Waals surface area contributed by atoms with Gasteiger partial charge in [0.15, 0.2) is 8.32 Å². The van der Waals surface area contributed by atoms with Crippen LogP contribution in [0.15, 0.2) is 84.9 Å². The molecule has 5 rings (SSSR count). The van der Waals surface area contributed by atoms with Crippen LogP contribution in [0.3, 0.4) is 0 Å². The summed E-state index contributed by atoms with van der Waals surface area (Å²) in [5.41, 5.74) is 6.63. The number of para-hydroxylation sites is 1. The van der Waals surface area contributed by atoms with Crippen LogP contribution in [-0.4, -0.2) is 52.5 Å². The second kappa shape index (κ2) is 19.0. The maximum Gasteiger partial charge on any atom is 0.411 e. The fraction of sp³-hybridized carbons (Fsp3) is 0.400. The molecule has 5 N–H and O–H groups in total. The Bertz CT molecular complexity index is 2010. The molecule has 304 valence electrons. The van der Waals surface area contributed by atoms with Gasteiger partial charge in [0, 0.05) is 17.8 Å². The minimum Gasteiger partial charge on any atom is -0.488 e. The zero-order valence-electron chi connectivity index (χ0n) is 34.6. The van der Waals surface area contributed by atoms with Gasteiger partial charge in [0.1, 0.15) is 24.2 Å². The maximum absolute atomic E-state index is 13.0. The number of benzene rings is 4. The number of rotatable bonds is 16. The van der Waals surface area contributed by atoms with Gasteiger partial charge in [-0.05, 0) is 117 Å². The van der Waals surface area contributed by atoms with E-state index >= 15 is 0 Å². The summed E-state index contributed by atoms with van der Waals surface area (Å²) in [7, 11) is -2.33. The summed E-state index contributed by atoms with van der Waals surface area (Å²) in [6.45, 7) is 19.3. The van der Waals surface area contributed by atoms with Gasteiger partial charge in [-0.3, -0.25) is 20.2 Å². The monoisotopic (exact) mass is 793 g/mol. The smallest absolute Gasteiger partial charge is 0.411 e. The van der Waals surface area contributed by atoms with E-state index in [1.807, 2.05) is 99.6 Å². The Morgan fingerprint density at radius 3 is 2.25 bits per heavy atom. The first-order valence-corrected chi connectivity index (χ1v) is 22.6. The molecule has 12 heteroatoms. The van der Waals surface area contributed by atoms with Crippen LogP contribution in [0.25, 0.3) is 11.1 Å². The van der Waals surface area contributed by atoms with Crippen LogP contribution >= 0.6 is 0 Å². The van der Waals surface area contributed by atoms with Gasteiger partial charge in [-0.1, -0.05) is 81.4 Å². The van der Waals surface area contributed by atoms with Gasteiger partial charge in [-0.2, -0.15) is 0 Å². The topological polar surface area (TPSA) is 139 Å². The highest BCUT2D eigenvalue weighted by atomic mass is 28.4. The van der Waals surface area contributed by atoms with Crippen molar-refractivity contribution in [2.75, 3.05) is 35.6 Å². The molecule has 1 saturated heterocycles. The van der Waals surface area contributed by atoms with Crippen LogP contribution in [0.5, 0.6) is 5.75 Å². The van der Waals surface area contributed by atoms with Crippen molar-refractivity contribution < 1.29 is 28.3 Å². The predicted molar refractivity (Wildman–Crippen MR) is 231 cm³/mol. The van der Waals surface area contributed by atoms with E-state index in [-0.39, 0.29) is 30.1 Å². The molecule has 0 radical (unpaired) electrons. The third kappa shape index (κ3) is 11.5. The standard InChI is InChI=1S/C45H59N5O6Si/c1-31-27-39(49-42(52)22-25-54-43(53)50-38-17-13-12-16-37(38)33-14-10-9-11-15-33)32(2)26-34(31)29-48-45(6,56-57(7,8)44(3,4)5)35-18-19-41(40(28-35)47-30-51)55-36-20-23-46-24-21-36/h9-19,26-28,30,36,46,48H,20-25,29H2,1-8H3,(H,47,51)(H,49,52)(H,50,53). The fourth-order valence-electron chi connectivity index (χ4n) is 6.58. The number of ether oxygens (including phenoxy) is 2. The highest BCUT2D eigenvalue weighted by molar-refractivity contribution is 6.74. The lowest BCUT2D eigenvalue weighted by atomic mass is 10.0. The lowest BCUT2D eigenvalue weighted by Gasteiger charge is -2.45. The van der Waals surface area contributed by atoms with Crippen molar-refractivity contribution in [2.24, 2.45) is 0 Å². The van der Waals surface area contributed by atoms with Gasteiger partial charge in [0.25, 0.3) is 0 Å². The van der Waals surface area contributed by atoms with E-state index < -0.39 is 20.1 Å². The van der Waals surface area contributed by atoms with E-state index in [1.54, 1.807) is 0 Å². The van der Waals surface area contributed by atoms with Crippen LogP contribution in [0, 0.1) is 13.8 Å². The third-order valence-electron chi connectivity index (χ3n) is 11.0. The summed E-state index contributed by atoms with van der Waals surface area (Å²) in [5, 5.41) is 15.7. The van der Waals surface area contributed by atoms with Gasteiger partial charge in [-0.15, -0.1) is 0 Å². The minimum absolute atomic E-state index is 0.00132. The summed E-state index contributed by atoms with van der Waals surface area (Å²) in [6, 6.07) is 27.2. The van der Waals surface area contributed by atoms with Crippen molar-refractivity contribution in [3.63, 3.8) is 0 Å². The molecule has 11 nitrogen and oxygen atoms in total. The molecule has 0 aliphatic carbocycles. The molecule has 0 saturated carbocycles. The molecule has 1 unspecified atom stereocenters. The molecule has 57 heavy (non-hydrogen) atoms. The molecule has 1 atom stereocenters. The first kappa shape index (κ1) is 43.1. The molecule has 0 spiro atoms. The van der Waals surface area contributed by atoms with Crippen LogP contribution in [-0.2, 0) is 31.0 Å². The number of amides is 3. The zero-order chi connectivity index (χ0) is 41.2. The number of hydrogen-bond acceptors (Lipinski definition) is 8. The number of anilines is 3. The van der Waals surface area contributed by atoms with Crippen molar-refractivity contribution >= 4 is 43.8 Å². The molecule has 4 aromatic rings. The number of piperidine rings is 1. The number of hydrogen-bond donors (Lipinski definition) is 5. The SMILES string of the molecule is Cc1cc(NC(=O)CCOC(=O)Nc2ccccc2-c2ccccc2)c(C)cc1CNC(C)(O[Si](C)(C)C(C)(C)C)c1ccc(OC2CCNCC2)c(NC=O)c1. The Labute approximate surface area is 338 Å². The normalized spacial score (nSPS) is 14.6.